The molecule has 4 heteroatoms. The third-order valence-electron chi connectivity index (χ3n) is 4.92. The van der Waals surface area contributed by atoms with Crippen LogP contribution in [0.5, 0.6) is 0 Å². The van der Waals surface area contributed by atoms with Crippen molar-refractivity contribution in [3.63, 3.8) is 0 Å². The van der Waals surface area contributed by atoms with Crippen LogP contribution in [0.15, 0.2) is 34.8 Å². The molecule has 114 valence electrons. The second kappa shape index (κ2) is 5.27. The van der Waals surface area contributed by atoms with E-state index < -0.39 is 0 Å². The number of oxazole rings is 1. The number of carbonyl (C=O) groups is 1. The van der Waals surface area contributed by atoms with Gasteiger partial charge in [-0.1, -0.05) is 24.3 Å². The zero-order valence-corrected chi connectivity index (χ0v) is 12.7. The fourth-order valence-corrected chi connectivity index (χ4v) is 3.74. The van der Waals surface area contributed by atoms with Crippen molar-refractivity contribution in [2.75, 3.05) is 6.54 Å². The predicted octanol–water partition coefficient (Wildman–Crippen LogP) is 3.01. The Morgan fingerprint density at radius 1 is 1.36 bits per heavy atom. The Morgan fingerprint density at radius 2 is 2.27 bits per heavy atom. The van der Waals surface area contributed by atoms with Crippen LogP contribution in [0.2, 0.25) is 0 Å². The van der Waals surface area contributed by atoms with Crippen LogP contribution in [0.4, 0.5) is 0 Å². The summed E-state index contributed by atoms with van der Waals surface area (Å²) in [4.78, 5) is 16.8. The van der Waals surface area contributed by atoms with Crippen molar-refractivity contribution in [2.24, 2.45) is 17.8 Å². The van der Waals surface area contributed by atoms with Crippen LogP contribution in [-0.2, 0) is 11.2 Å². The van der Waals surface area contributed by atoms with Gasteiger partial charge in [-0.25, -0.2) is 4.98 Å². The van der Waals surface area contributed by atoms with E-state index in [2.05, 4.69) is 22.5 Å². The molecule has 4 nitrogen and oxygen atoms in total. The topological polar surface area (TPSA) is 55.1 Å². The van der Waals surface area contributed by atoms with E-state index in [1.54, 1.807) is 0 Å². The predicted molar refractivity (Wildman–Crippen MR) is 84.3 cm³/mol. The summed E-state index contributed by atoms with van der Waals surface area (Å²) >= 11 is 0. The smallest absolute Gasteiger partial charge is 0.223 e. The summed E-state index contributed by atoms with van der Waals surface area (Å²) in [5, 5.41) is 3.04. The summed E-state index contributed by atoms with van der Waals surface area (Å²) in [7, 11) is 0. The van der Waals surface area contributed by atoms with Gasteiger partial charge in [-0.3, -0.25) is 4.79 Å². The summed E-state index contributed by atoms with van der Waals surface area (Å²) in [5.41, 5.74) is 2.85. The van der Waals surface area contributed by atoms with Crippen molar-refractivity contribution in [3.8, 4) is 0 Å². The van der Waals surface area contributed by atoms with Crippen molar-refractivity contribution >= 4 is 17.0 Å². The Labute approximate surface area is 129 Å². The van der Waals surface area contributed by atoms with Gasteiger partial charge in [0.2, 0.25) is 5.91 Å². The first kappa shape index (κ1) is 13.6. The first-order chi connectivity index (χ1) is 10.7. The van der Waals surface area contributed by atoms with Gasteiger partial charge in [-0.05, 0) is 43.2 Å². The zero-order chi connectivity index (χ0) is 15.1. The van der Waals surface area contributed by atoms with Gasteiger partial charge in [-0.2, -0.15) is 0 Å². The molecule has 0 spiro atoms. The number of benzene rings is 1. The molecular formula is C18H20N2O2. The van der Waals surface area contributed by atoms with Gasteiger partial charge < -0.3 is 9.73 Å². The normalized spacial score (nSPS) is 26.0. The van der Waals surface area contributed by atoms with E-state index in [9.17, 15) is 4.79 Å². The highest BCUT2D eigenvalue weighted by molar-refractivity contribution is 5.80. The molecule has 3 atom stereocenters. The largest absolute Gasteiger partial charge is 0.441 e. The quantitative estimate of drug-likeness (QED) is 0.882. The third kappa shape index (κ3) is 2.32. The molecule has 1 aromatic carbocycles. The molecule has 1 aromatic heterocycles. The lowest BCUT2D eigenvalue weighted by Gasteiger charge is -2.17. The van der Waals surface area contributed by atoms with E-state index in [1.807, 2.05) is 25.1 Å². The molecular weight excluding hydrogens is 276 g/mol. The number of nitrogens with one attached hydrogen (secondary N) is 1. The molecule has 4 rings (SSSR count). The molecule has 2 bridgehead atoms. The van der Waals surface area contributed by atoms with Crippen LogP contribution in [0.3, 0.4) is 0 Å². The number of allylic oxidation sites excluding steroid dienone is 2. The molecule has 2 aliphatic rings. The van der Waals surface area contributed by atoms with Crippen molar-refractivity contribution in [2.45, 2.75) is 26.2 Å². The second-order valence-electron chi connectivity index (χ2n) is 6.46. The lowest BCUT2D eigenvalue weighted by atomic mass is 9.93. The average molecular weight is 296 g/mol. The number of hydrogen-bond donors (Lipinski definition) is 1. The van der Waals surface area contributed by atoms with Crippen LogP contribution in [0, 0.1) is 24.7 Å². The molecule has 1 fully saturated rings. The standard InChI is InChI=1S/C18H20N2O2/c1-11-3-2-4-15-17(11)20-16(22-15)7-8-19-18(21)14-10-12-5-6-13(14)9-12/h2-6,12-14H,7-10H2,1H3,(H,19,21). The Bertz CT molecular complexity index is 747. The van der Waals surface area contributed by atoms with Crippen molar-refractivity contribution in [1.82, 2.24) is 10.3 Å². The minimum absolute atomic E-state index is 0.167. The molecule has 0 saturated heterocycles. The Kier molecular flexibility index (Phi) is 3.25. The number of nitrogens with zero attached hydrogens (tertiary/aromatic N) is 1. The van der Waals surface area contributed by atoms with Crippen LogP contribution < -0.4 is 5.32 Å². The monoisotopic (exact) mass is 296 g/mol. The molecule has 1 N–H and O–H groups in total. The van der Waals surface area contributed by atoms with Gasteiger partial charge in [0.05, 0.1) is 0 Å². The molecule has 22 heavy (non-hydrogen) atoms. The lowest BCUT2D eigenvalue weighted by Crippen LogP contribution is -2.34. The molecule has 2 aliphatic carbocycles. The summed E-state index contributed by atoms with van der Waals surface area (Å²) in [5.74, 6) is 2.13. The highest BCUT2D eigenvalue weighted by Crippen LogP contribution is 2.43. The third-order valence-corrected chi connectivity index (χ3v) is 4.92. The fourth-order valence-electron chi connectivity index (χ4n) is 3.74. The van der Waals surface area contributed by atoms with Gasteiger partial charge in [0.1, 0.15) is 5.52 Å². The number of para-hydroxylation sites is 1. The summed E-state index contributed by atoms with van der Waals surface area (Å²) in [6.07, 6.45) is 7.27. The molecule has 1 heterocycles. The summed E-state index contributed by atoms with van der Waals surface area (Å²) in [6.45, 7) is 2.61. The SMILES string of the molecule is Cc1cccc2oc(CCNC(=O)C3CC4C=CC3C4)nc12. The van der Waals surface area contributed by atoms with Gasteiger partial charge in [0.15, 0.2) is 11.5 Å². The Morgan fingerprint density at radius 3 is 3.00 bits per heavy atom. The van der Waals surface area contributed by atoms with Crippen molar-refractivity contribution in [3.05, 3.63) is 41.8 Å². The van der Waals surface area contributed by atoms with Crippen LogP contribution >= 0.6 is 0 Å². The highest BCUT2D eigenvalue weighted by atomic mass is 16.3. The Hall–Kier alpha value is -2.10. The van der Waals surface area contributed by atoms with E-state index >= 15 is 0 Å². The highest BCUT2D eigenvalue weighted by Gasteiger charge is 2.39. The van der Waals surface area contributed by atoms with E-state index in [0.717, 1.165) is 29.5 Å². The van der Waals surface area contributed by atoms with E-state index in [-0.39, 0.29) is 11.8 Å². The zero-order valence-electron chi connectivity index (χ0n) is 12.7. The van der Waals surface area contributed by atoms with Crippen molar-refractivity contribution in [1.29, 1.82) is 0 Å². The number of aromatic nitrogens is 1. The molecule has 0 radical (unpaired) electrons. The van der Waals surface area contributed by atoms with E-state index in [0.29, 0.717) is 30.7 Å². The van der Waals surface area contributed by atoms with Gasteiger partial charge in [0.25, 0.3) is 0 Å². The number of hydrogen-bond acceptors (Lipinski definition) is 3. The molecule has 3 unspecified atom stereocenters. The summed E-state index contributed by atoms with van der Waals surface area (Å²) < 4.78 is 5.73. The number of aryl methyl sites for hydroxylation is 1. The minimum Gasteiger partial charge on any atom is -0.441 e. The maximum absolute atomic E-state index is 12.3. The number of carbonyl (C=O) groups excluding carboxylic acids is 1. The number of fused-ring (bicyclic) bond motifs is 3. The van der Waals surface area contributed by atoms with Gasteiger partial charge in [-0.15, -0.1) is 0 Å². The van der Waals surface area contributed by atoms with Crippen LogP contribution in [0.25, 0.3) is 11.1 Å². The average Bonchev–Trinajstić information content (AvgIpc) is 3.21. The van der Waals surface area contributed by atoms with Crippen LogP contribution in [0.1, 0.15) is 24.3 Å². The molecule has 2 aromatic rings. The lowest BCUT2D eigenvalue weighted by molar-refractivity contribution is -0.125. The van der Waals surface area contributed by atoms with Crippen LogP contribution in [-0.4, -0.2) is 17.4 Å². The first-order valence-electron chi connectivity index (χ1n) is 8.02. The molecule has 0 aliphatic heterocycles. The maximum Gasteiger partial charge on any atom is 0.223 e. The van der Waals surface area contributed by atoms with E-state index in [4.69, 9.17) is 4.42 Å². The Balaban J connectivity index is 1.35. The second-order valence-corrected chi connectivity index (χ2v) is 6.46. The van der Waals surface area contributed by atoms with Gasteiger partial charge in [0, 0.05) is 18.9 Å². The first-order valence-corrected chi connectivity index (χ1v) is 8.02. The van der Waals surface area contributed by atoms with Crippen molar-refractivity contribution < 1.29 is 9.21 Å². The number of rotatable bonds is 4. The minimum atomic E-state index is 0.167. The number of amides is 1. The summed E-state index contributed by atoms with van der Waals surface area (Å²) in [6, 6.07) is 5.93. The fraction of sp³-hybridized carbons (Fsp3) is 0.444. The molecule has 1 saturated carbocycles. The van der Waals surface area contributed by atoms with Gasteiger partial charge >= 0.3 is 0 Å². The maximum atomic E-state index is 12.3. The molecule has 1 amide bonds. The van der Waals surface area contributed by atoms with E-state index in [1.165, 1.54) is 0 Å².